The Morgan fingerprint density at radius 1 is 1.40 bits per heavy atom. The van der Waals surface area contributed by atoms with Crippen LogP contribution in [0.15, 0.2) is 24.3 Å². The van der Waals surface area contributed by atoms with Gasteiger partial charge in [0.1, 0.15) is 11.4 Å². The Morgan fingerprint density at radius 2 is 2.15 bits per heavy atom. The number of halogens is 1. The minimum absolute atomic E-state index is 0.0252. The van der Waals surface area contributed by atoms with E-state index in [2.05, 4.69) is 19.2 Å². The van der Waals surface area contributed by atoms with E-state index in [1.165, 1.54) is 19.2 Å². The highest BCUT2D eigenvalue weighted by Gasteiger charge is 2.47. The minimum Gasteiger partial charge on any atom is -0.467 e. The molecule has 1 fully saturated rings. The fourth-order valence-electron chi connectivity index (χ4n) is 2.72. The molecule has 1 aromatic carbocycles. The van der Waals surface area contributed by atoms with Gasteiger partial charge in [-0.15, -0.1) is 0 Å². The fraction of sp³-hybridized carbons (Fsp3) is 0.533. The molecular formula is C15H20FNO2S. The summed E-state index contributed by atoms with van der Waals surface area (Å²) in [6.07, 6.45) is 0.663. The van der Waals surface area contributed by atoms with Crippen LogP contribution < -0.4 is 5.32 Å². The van der Waals surface area contributed by atoms with Crippen LogP contribution >= 0.6 is 11.8 Å². The Morgan fingerprint density at radius 3 is 2.75 bits per heavy atom. The normalized spacial score (nSPS) is 25.0. The maximum absolute atomic E-state index is 13.3. The summed E-state index contributed by atoms with van der Waals surface area (Å²) in [5, 5.41) is 3.21. The van der Waals surface area contributed by atoms with Gasteiger partial charge in [0.2, 0.25) is 0 Å². The highest BCUT2D eigenvalue weighted by atomic mass is 32.2. The molecule has 0 amide bonds. The molecule has 1 aliphatic rings. The van der Waals surface area contributed by atoms with Gasteiger partial charge in [-0.25, -0.2) is 9.18 Å². The maximum Gasteiger partial charge on any atom is 0.332 e. The number of carbonyl (C=O) groups excluding carboxylic acids is 1. The van der Waals surface area contributed by atoms with Gasteiger partial charge in [0, 0.05) is 11.4 Å². The first kappa shape index (κ1) is 15.2. The lowest BCUT2D eigenvalue weighted by atomic mass is 9.79. The molecule has 0 aromatic heterocycles. The molecule has 0 saturated carbocycles. The molecule has 5 heteroatoms. The lowest BCUT2D eigenvalue weighted by Gasteiger charge is -2.43. The molecule has 20 heavy (non-hydrogen) atoms. The zero-order chi connectivity index (χ0) is 14.8. The number of methoxy groups -OCH3 is 1. The van der Waals surface area contributed by atoms with Gasteiger partial charge >= 0.3 is 5.97 Å². The highest BCUT2D eigenvalue weighted by molar-refractivity contribution is 7.99. The van der Waals surface area contributed by atoms with Crippen molar-refractivity contribution in [1.82, 2.24) is 0 Å². The van der Waals surface area contributed by atoms with Gasteiger partial charge < -0.3 is 10.1 Å². The topological polar surface area (TPSA) is 38.3 Å². The van der Waals surface area contributed by atoms with Gasteiger partial charge in [0.25, 0.3) is 0 Å². The number of thioether (sulfide) groups is 1. The number of anilines is 1. The number of benzene rings is 1. The van der Waals surface area contributed by atoms with Crippen molar-refractivity contribution in [2.45, 2.75) is 25.8 Å². The summed E-state index contributed by atoms with van der Waals surface area (Å²) >= 11 is 1.72. The van der Waals surface area contributed by atoms with Crippen LogP contribution in [0.1, 0.15) is 20.3 Å². The van der Waals surface area contributed by atoms with E-state index in [1.54, 1.807) is 23.9 Å². The molecule has 2 rings (SSSR count). The Balaban J connectivity index is 2.30. The van der Waals surface area contributed by atoms with E-state index in [4.69, 9.17) is 4.74 Å². The number of ether oxygens (including phenoxy) is 1. The van der Waals surface area contributed by atoms with E-state index in [-0.39, 0.29) is 17.2 Å². The first-order valence-electron chi connectivity index (χ1n) is 6.57. The second-order valence-corrected chi connectivity index (χ2v) is 7.03. The molecule has 0 radical (unpaired) electrons. The average Bonchev–Trinajstić information content (AvgIpc) is 2.36. The van der Waals surface area contributed by atoms with Crippen molar-refractivity contribution < 1.29 is 13.9 Å². The SMILES string of the molecule is COC(=O)C1(Nc2cccc(F)c2)CSCC(C)(C)C1. The van der Waals surface area contributed by atoms with E-state index in [0.29, 0.717) is 17.9 Å². The number of carbonyl (C=O) groups is 1. The van der Waals surface area contributed by atoms with E-state index in [9.17, 15) is 9.18 Å². The summed E-state index contributed by atoms with van der Waals surface area (Å²) in [6.45, 7) is 4.26. The number of rotatable bonds is 3. The summed E-state index contributed by atoms with van der Waals surface area (Å²) in [6, 6.07) is 6.18. The first-order chi connectivity index (χ1) is 9.37. The van der Waals surface area contributed by atoms with Crippen LogP contribution in [0.3, 0.4) is 0 Å². The quantitative estimate of drug-likeness (QED) is 0.869. The van der Waals surface area contributed by atoms with Crippen LogP contribution in [-0.4, -0.2) is 30.1 Å². The molecule has 0 aliphatic carbocycles. The smallest absolute Gasteiger partial charge is 0.332 e. The minimum atomic E-state index is -0.797. The van der Waals surface area contributed by atoms with Crippen LogP contribution in [0, 0.1) is 11.2 Å². The Bertz CT molecular complexity index is 506. The van der Waals surface area contributed by atoms with Gasteiger partial charge in [-0.2, -0.15) is 11.8 Å². The molecule has 1 aromatic rings. The van der Waals surface area contributed by atoms with Crippen molar-refractivity contribution in [2.75, 3.05) is 23.9 Å². The Kier molecular flexibility index (Phi) is 4.28. The van der Waals surface area contributed by atoms with E-state index in [0.717, 1.165) is 5.75 Å². The molecule has 1 heterocycles. The molecule has 1 aliphatic heterocycles. The van der Waals surface area contributed by atoms with Crippen molar-refractivity contribution in [3.8, 4) is 0 Å². The van der Waals surface area contributed by atoms with Gasteiger partial charge in [-0.3, -0.25) is 0 Å². The molecule has 0 bridgehead atoms. The standard InChI is InChI=1S/C15H20FNO2S/c1-14(2)8-15(10-20-9-14,13(18)19-3)17-12-6-4-5-11(16)7-12/h4-7,17H,8-10H2,1-3H3. The van der Waals surface area contributed by atoms with Gasteiger partial charge in [0.05, 0.1) is 7.11 Å². The van der Waals surface area contributed by atoms with Crippen molar-refractivity contribution in [1.29, 1.82) is 0 Å². The van der Waals surface area contributed by atoms with Crippen LogP contribution in [0.2, 0.25) is 0 Å². The number of hydrogen-bond acceptors (Lipinski definition) is 4. The molecule has 0 spiro atoms. The third-order valence-corrected chi connectivity index (χ3v) is 5.09. The van der Waals surface area contributed by atoms with Crippen molar-refractivity contribution in [2.24, 2.45) is 5.41 Å². The molecule has 3 nitrogen and oxygen atoms in total. The summed E-state index contributed by atoms with van der Waals surface area (Å²) in [5.41, 5.74) is -0.166. The molecule has 1 unspecified atom stereocenters. The molecule has 110 valence electrons. The van der Waals surface area contributed by atoms with E-state index < -0.39 is 5.54 Å². The summed E-state index contributed by atoms with van der Waals surface area (Å²) in [7, 11) is 1.39. The number of esters is 1. The van der Waals surface area contributed by atoms with Crippen molar-refractivity contribution in [3.05, 3.63) is 30.1 Å². The first-order valence-corrected chi connectivity index (χ1v) is 7.72. The molecule has 1 atom stereocenters. The second-order valence-electron chi connectivity index (χ2n) is 6.04. The zero-order valence-corrected chi connectivity index (χ0v) is 12.8. The van der Waals surface area contributed by atoms with Gasteiger partial charge in [-0.1, -0.05) is 19.9 Å². The van der Waals surface area contributed by atoms with Crippen LogP contribution in [0.4, 0.5) is 10.1 Å². The largest absolute Gasteiger partial charge is 0.467 e. The second kappa shape index (κ2) is 5.64. The lowest BCUT2D eigenvalue weighted by Crippen LogP contribution is -2.55. The van der Waals surface area contributed by atoms with Crippen LogP contribution in [-0.2, 0) is 9.53 Å². The Hall–Kier alpha value is -1.23. The average molecular weight is 297 g/mol. The van der Waals surface area contributed by atoms with Gasteiger partial charge in [0.15, 0.2) is 0 Å². The third-order valence-electron chi connectivity index (χ3n) is 3.41. The zero-order valence-electron chi connectivity index (χ0n) is 12.0. The maximum atomic E-state index is 13.3. The van der Waals surface area contributed by atoms with Crippen molar-refractivity contribution >= 4 is 23.4 Å². The third kappa shape index (κ3) is 3.26. The van der Waals surface area contributed by atoms with Gasteiger partial charge in [-0.05, 0) is 35.8 Å². The predicted molar refractivity (Wildman–Crippen MR) is 80.5 cm³/mol. The Labute approximate surface area is 123 Å². The predicted octanol–water partition coefficient (Wildman–Crippen LogP) is 3.31. The van der Waals surface area contributed by atoms with Crippen LogP contribution in [0.25, 0.3) is 0 Å². The van der Waals surface area contributed by atoms with Crippen LogP contribution in [0.5, 0.6) is 0 Å². The monoisotopic (exact) mass is 297 g/mol. The molecular weight excluding hydrogens is 277 g/mol. The fourth-order valence-corrected chi connectivity index (χ4v) is 4.12. The van der Waals surface area contributed by atoms with E-state index >= 15 is 0 Å². The van der Waals surface area contributed by atoms with Crippen molar-refractivity contribution in [3.63, 3.8) is 0 Å². The lowest BCUT2D eigenvalue weighted by molar-refractivity contribution is -0.146. The number of nitrogens with one attached hydrogen (secondary N) is 1. The highest BCUT2D eigenvalue weighted by Crippen LogP contribution is 2.41. The summed E-state index contributed by atoms with van der Waals surface area (Å²) in [4.78, 5) is 12.3. The molecule has 1 N–H and O–H groups in total. The summed E-state index contributed by atoms with van der Waals surface area (Å²) < 4.78 is 18.3. The summed E-state index contributed by atoms with van der Waals surface area (Å²) in [5.74, 6) is 1.01. The molecule has 1 saturated heterocycles. The van der Waals surface area contributed by atoms with E-state index in [1.807, 2.05) is 0 Å². The number of hydrogen-bond donors (Lipinski definition) is 1.